The van der Waals surface area contributed by atoms with E-state index < -0.39 is 11.4 Å². The van der Waals surface area contributed by atoms with Crippen molar-refractivity contribution in [2.45, 2.75) is 76.1 Å². The zero-order chi connectivity index (χ0) is 15.2. The number of rotatable bonds is 8. The fourth-order valence-corrected chi connectivity index (χ4v) is 3.80. The van der Waals surface area contributed by atoms with E-state index >= 15 is 0 Å². The standard InChI is InChI=1S/C16H30O5/c1-2-3-9-16(19-11-12-20-16)10-7-14-6-4-5-8-15(14,13-17)21-18/h14,17-18H,2-13H2,1H3. The molecule has 0 radical (unpaired) electrons. The lowest BCUT2D eigenvalue weighted by Gasteiger charge is -2.41. The van der Waals surface area contributed by atoms with Crippen molar-refractivity contribution < 1.29 is 24.7 Å². The van der Waals surface area contributed by atoms with Gasteiger partial charge in [0, 0.05) is 12.8 Å². The van der Waals surface area contributed by atoms with Crippen LogP contribution < -0.4 is 0 Å². The Balaban J connectivity index is 1.95. The van der Waals surface area contributed by atoms with Crippen molar-refractivity contribution in [3.05, 3.63) is 0 Å². The van der Waals surface area contributed by atoms with Gasteiger partial charge < -0.3 is 14.6 Å². The summed E-state index contributed by atoms with van der Waals surface area (Å²) in [6, 6.07) is 0. The Hall–Kier alpha value is -0.200. The summed E-state index contributed by atoms with van der Waals surface area (Å²) in [4.78, 5) is 4.74. The second-order valence-corrected chi connectivity index (χ2v) is 6.51. The molecule has 1 aliphatic heterocycles. The van der Waals surface area contributed by atoms with Crippen molar-refractivity contribution in [3.8, 4) is 0 Å². The minimum absolute atomic E-state index is 0.127. The first-order valence-corrected chi connectivity index (χ1v) is 8.42. The largest absolute Gasteiger partial charge is 0.393 e. The van der Waals surface area contributed by atoms with Crippen molar-refractivity contribution >= 4 is 0 Å². The molecule has 0 bridgehead atoms. The Labute approximate surface area is 127 Å². The van der Waals surface area contributed by atoms with E-state index in [1.807, 2.05) is 0 Å². The molecule has 1 saturated heterocycles. The van der Waals surface area contributed by atoms with Gasteiger partial charge in [-0.2, -0.15) is 0 Å². The van der Waals surface area contributed by atoms with Gasteiger partial charge in [0.25, 0.3) is 0 Å². The SMILES string of the molecule is CCCCC1(CCC2CCCCC2(CO)OO)OCCO1. The van der Waals surface area contributed by atoms with Crippen LogP contribution in [0.25, 0.3) is 0 Å². The van der Waals surface area contributed by atoms with Crippen LogP contribution in [-0.2, 0) is 14.4 Å². The van der Waals surface area contributed by atoms with Crippen molar-refractivity contribution in [1.82, 2.24) is 0 Å². The van der Waals surface area contributed by atoms with E-state index in [0.717, 1.165) is 51.4 Å². The Morgan fingerprint density at radius 3 is 2.57 bits per heavy atom. The summed E-state index contributed by atoms with van der Waals surface area (Å²) in [6.45, 7) is 3.37. The molecule has 2 N–H and O–H groups in total. The summed E-state index contributed by atoms with van der Waals surface area (Å²) < 4.78 is 11.8. The van der Waals surface area contributed by atoms with Crippen LogP contribution in [0.4, 0.5) is 0 Å². The third kappa shape index (κ3) is 3.96. The highest BCUT2D eigenvalue weighted by Gasteiger charge is 2.44. The quantitative estimate of drug-likeness (QED) is 0.532. The molecule has 2 unspecified atom stereocenters. The Kier molecular flexibility index (Phi) is 6.44. The van der Waals surface area contributed by atoms with Crippen LogP contribution in [-0.4, -0.2) is 41.6 Å². The van der Waals surface area contributed by atoms with Gasteiger partial charge in [-0.1, -0.05) is 26.2 Å². The molecule has 1 heterocycles. The van der Waals surface area contributed by atoms with Gasteiger partial charge in [0.1, 0.15) is 5.60 Å². The second kappa shape index (κ2) is 7.88. The average Bonchev–Trinajstić information content (AvgIpc) is 3.00. The highest BCUT2D eigenvalue weighted by atomic mass is 17.1. The van der Waals surface area contributed by atoms with Crippen LogP contribution in [0.5, 0.6) is 0 Å². The van der Waals surface area contributed by atoms with Crippen molar-refractivity contribution in [2.24, 2.45) is 5.92 Å². The van der Waals surface area contributed by atoms with E-state index in [-0.39, 0.29) is 12.5 Å². The summed E-state index contributed by atoms with van der Waals surface area (Å²) in [6.07, 6.45) is 8.60. The van der Waals surface area contributed by atoms with E-state index in [9.17, 15) is 10.4 Å². The van der Waals surface area contributed by atoms with E-state index in [1.54, 1.807) is 0 Å². The maximum absolute atomic E-state index is 9.66. The van der Waals surface area contributed by atoms with Crippen molar-refractivity contribution in [2.75, 3.05) is 19.8 Å². The predicted octanol–water partition coefficient (Wildman–Crippen LogP) is 3.11. The van der Waals surface area contributed by atoms with Gasteiger partial charge >= 0.3 is 0 Å². The zero-order valence-corrected chi connectivity index (χ0v) is 13.2. The molecule has 2 atom stereocenters. The first-order chi connectivity index (χ1) is 10.2. The minimum atomic E-state index is -0.789. The topological polar surface area (TPSA) is 68.2 Å². The summed E-state index contributed by atoms with van der Waals surface area (Å²) >= 11 is 0. The molecule has 5 nitrogen and oxygen atoms in total. The van der Waals surface area contributed by atoms with Gasteiger partial charge in [0.15, 0.2) is 5.79 Å². The molecule has 0 spiro atoms. The van der Waals surface area contributed by atoms with Crippen LogP contribution in [0.15, 0.2) is 0 Å². The molecule has 5 heteroatoms. The van der Waals surface area contributed by atoms with Gasteiger partial charge in [-0.15, -0.1) is 0 Å². The third-order valence-corrected chi connectivity index (χ3v) is 5.19. The molecular weight excluding hydrogens is 272 g/mol. The summed E-state index contributed by atoms with van der Waals surface area (Å²) in [7, 11) is 0. The molecule has 2 aliphatic rings. The number of hydrogen-bond acceptors (Lipinski definition) is 5. The van der Waals surface area contributed by atoms with Gasteiger partial charge in [-0.25, -0.2) is 4.89 Å². The molecule has 0 aromatic rings. The Bertz CT molecular complexity index is 297. The molecule has 2 fully saturated rings. The Morgan fingerprint density at radius 1 is 1.19 bits per heavy atom. The van der Waals surface area contributed by atoms with Crippen LogP contribution in [0.1, 0.15) is 64.7 Å². The van der Waals surface area contributed by atoms with Crippen LogP contribution in [0.3, 0.4) is 0 Å². The van der Waals surface area contributed by atoms with Crippen molar-refractivity contribution in [1.29, 1.82) is 0 Å². The van der Waals surface area contributed by atoms with Gasteiger partial charge in [-0.3, -0.25) is 5.26 Å². The molecule has 0 amide bonds. The fraction of sp³-hybridized carbons (Fsp3) is 1.00. The predicted molar refractivity (Wildman–Crippen MR) is 78.9 cm³/mol. The lowest BCUT2D eigenvalue weighted by atomic mass is 9.73. The number of aliphatic hydroxyl groups is 1. The normalized spacial score (nSPS) is 32.4. The lowest BCUT2D eigenvalue weighted by molar-refractivity contribution is -0.353. The molecule has 124 valence electrons. The zero-order valence-electron chi connectivity index (χ0n) is 13.2. The highest BCUT2D eigenvalue weighted by Crippen LogP contribution is 2.41. The first-order valence-electron chi connectivity index (χ1n) is 8.42. The first kappa shape index (κ1) is 17.2. The third-order valence-electron chi connectivity index (χ3n) is 5.19. The van der Waals surface area contributed by atoms with Crippen LogP contribution in [0, 0.1) is 5.92 Å². The Morgan fingerprint density at radius 2 is 1.95 bits per heavy atom. The number of ether oxygens (including phenoxy) is 2. The van der Waals surface area contributed by atoms with Crippen molar-refractivity contribution in [3.63, 3.8) is 0 Å². The number of hydrogen-bond donors (Lipinski definition) is 2. The number of unbranched alkanes of at least 4 members (excludes halogenated alkanes) is 1. The molecule has 2 rings (SSSR count). The van der Waals surface area contributed by atoms with Gasteiger partial charge in [-0.05, 0) is 31.6 Å². The minimum Gasteiger partial charge on any atom is -0.393 e. The molecule has 0 aromatic heterocycles. The number of aliphatic hydroxyl groups excluding tert-OH is 1. The van der Waals surface area contributed by atoms with Gasteiger partial charge in [0.05, 0.1) is 19.8 Å². The molecule has 21 heavy (non-hydrogen) atoms. The van der Waals surface area contributed by atoms with E-state index in [1.165, 1.54) is 0 Å². The van der Waals surface area contributed by atoms with E-state index in [4.69, 9.17) is 14.4 Å². The molecule has 1 saturated carbocycles. The van der Waals surface area contributed by atoms with Crippen LogP contribution in [0.2, 0.25) is 0 Å². The molecule has 1 aliphatic carbocycles. The van der Waals surface area contributed by atoms with Gasteiger partial charge in [0.2, 0.25) is 0 Å². The summed E-state index contributed by atoms with van der Waals surface area (Å²) in [5.74, 6) is -0.294. The highest BCUT2D eigenvalue weighted by molar-refractivity contribution is 4.91. The smallest absolute Gasteiger partial charge is 0.168 e. The molecular formula is C16H30O5. The average molecular weight is 302 g/mol. The second-order valence-electron chi connectivity index (χ2n) is 6.51. The summed E-state index contributed by atoms with van der Waals surface area (Å²) in [5.41, 5.74) is -0.789. The van der Waals surface area contributed by atoms with Crippen LogP contribution >= 0.6 is 0 Å². The monoisotopic (exact) mass is 302 g/mol. The van der Waals surface area contributed by atoms with E-state index in [2.05, 4.69) is 6.92 Å². The lowest BCUT2D eigenvalue weighted by Crippen LogP contribution is -2.47. The summed E-state index contributed by atoms with van der Waals surface area (Å²) in [5, 5.41) is 18.9. The maximum Gasteiger partial charge on any atom is 0.168 e. The maximum atomic E-state index is 9.66. The molecule has 0 aromatic carbocycles. The van der Waals surface area contributed by atoms with E-state index in [0.29, 0.717) is 19.6 Å². The fourth-order valence-electron chi connectivity index (χ4n) is 3.80.